The molecule has 4 aliphatic heterocycles. The molecule has 0 aromatic heterocycles. The van der Waals surface area contributed by atoms with Crippen LogP contribution in [0.25, 0.3) is 0 Å². The average molecular weight is 1160 g/mol. The van der Waals surface area contributed by atoms with E-state index in [0.717, 1.165) is 11.1 Å². The summed E-state index contributed by atoms with van der Waals surface area (Å²) in [5.41, 5.74) is -2.85. The van der Waals surface area contributed by atoms with Gasteiger partial charge in [0.25, 0.3) is 0 Å². The van der Waals surface area contributed by atoms with Crippen molar-refractivity contribution in [3.63, 3.8) is 0 Å². The Morgan fingerprint density at radius 1 is 0.699 bits per heavy atom. The van der Waals surface area contributed by atoms with Gasteiger partial charge in [0.15, 0.2) is 36.5 Å². The maximum absolute atomic E-state index is 15.0. The molecular weight excluding hydrogens is 1080 g/mol. The van der Waals surface area contributed by atoms with Crippen molar-refractivity contribution in [1.29, 1.82) is 0 Å². The predicted octanol–water partition coefficient (Wildman–Crippen LogP) is 9.12. The Labute approximate surface area is 484 Å². The van der Waals surface area contributed by atoms with E-state index in [-0.39, 0.29) is 45.5 Å². The molecule has 0 radical (unpaired) electrons. The summed E-state index contributed by atoms with van der Waals surface area (Å²) in [6, 6.07) is 26.0. The Bertz CT molecular complexity index is 2650. The standard InChI is InChI=1S/C61H81NO21/c1-13-45-61(10)50(80-58(69)83-61)39(6)53(65)82-60(9,30-35(2)63)49(37(4)47(38(5)52(64)76-45)77-46-31-59(8,70-12)51(40(7)75-46)81-57(68)73-34-43-27-21-16-22-28-43)79-54-48(78-56(67)72-33-42-25-19-15-20-26-42)44(29-36(3)74-54)62(11)55(66)71-32-41-23-17-14-18-24-41/h14-28,35-40,44-51,54,63H,13,29-34H2,1-12H3/t35-,36-,37+,38-,39+,40+,44+,45+,46+,47+,48-,49-,50-,51+,54+,59-,60-,61-/m1/s1. The van der Waals surface area contributed by atoms with Crippen molar-refractivity contribution in [2.45, 2.75) is 205 Å². The van der Waals surface area contributed by atoms with Crippen molar-refractivity contribution in [1.82, 2.24) is 4.90 Å². The summed E-state index contributed by atoms with van der Waals surface area (Å²) in [5.74, 6) is -5.44. The van der Waals surface area contributed by atoms with E-state index in [4.69, 9.17) is 66.3 Å². The summed E-state index contributed by atoms with van der Waals surface area (Å²) in [5, 5.41) is 11.5. The Kier molecular flexibility index (Phi) is 21.5. The number of carbonyl (C=O) groups is 6. The van der Waals surface area contributed by atoms with Crippen LogP contribution < -0.4 is 0 Å². The number of likely N-dealkylation sites (N-methyl/N-ethyl adjacent to an activating group) is 1. The van der Waals surface area contributed by atoms with Gasteiger partial charge in [-0.3, -0.25) is 9.59 Å². The molecule has 1 amide bonds. The van der Waals surface area contributed by atoms with Gasteiger partial charge in [0.05, 0.1) is 42.3 Å². The number of aliphatic hydroxyl groups excluding tert-OH is 1. The number of nitrogens with zero attached hydrogens (tertiary/aromatic N) is 1. The molecule has 0 aliphatic carbocycles. The molecule has 0 unspecified atom stereocenters. The Morgan fingerprint density at radius 3 is 1.80 bits per heavy atom. The minimum atomic E-state index is -1.94. The smallest absolute Gasteiger partial charge is 0.458 e. The van der Waals surface area contributed by atoms with Crippen molar-refractivity contribution in [3.05, 3.63) is 108 Å². The van der Waals surface area contributed by atoms with Gasteiger partial charge in [-0.25, -0.2) is 19.2 Å². The SMILES string of the molecule is CC[C@@H]1OC(=O)[C@H](C)[C@@H](O[C@H]2C[C@@](C)(OC)[C@@H](OC(=O)OCc3ccccc3)[C@H](C)O2)[C@H](C)[C@@H](O[C@@H]2O[C@H](C)C[C@H](N(C)C(=O)OCc3ccccc3)[C@H]2OC(=O)OCc2ccccc2)[C@@](C)(C[C@@H](C)O)OC(=O)[C@@H](C)[C@H]2OC(=O)O[C@]12C. The second kappa shape index (κ2) is 27.9. The van der Waals surface area contributed by atoms with Crippen molar-refractivity contribution in [2.24, 2.45) is 17.8 Å². The molecule has 22 heteroatoms. The third-order valence-electron chi connectivity index (χ3n) is 16.1. The van der Waals surface area contributed by atoms with Crippen LogP contribution in [0, 0.1) is 17.8 Å². The largest absolute Gasteiger partial charge is 0.509 e. The molecule has 4 heterocycles. The Morgan fingerprint density at radius 2 is 1.25 bits per heavy atom. The Hall–Kier alpha value is -6.56. The lowest BCUT2D eigenvalue weighted by atomic mass is 9.78. The van der Waals surface area contributed by atoms with Crippen LogP contribution in [0.3, 0.4) is 0 Å². The van der Waals surface area contributed by atoms with Crippen LogP contribution >= 0.6 is 0 Å². The molecule has 3 aromatic carbocycles. The zero-order valence-electron chi connectivity index (χ0n) is 49.3. The lowest BCUT2D eigenvalue weighted by Crippen LogP contribution is -2.62. The molecule has 4 aliphatic rings. The van der Waals surface area contributed by atoms with E-state index in [2.05, 4.69) is 0 Å². The third-order valence-corrected chi connectivity index (χ3v) is 16.1. The highest BCUT2D eigenvalue weighted by molar-refractivity contribution is 5.76. The van der Waals surface area contributed by atoms with Crippen molar-refractivity contribution in [3.8, 4) is 0 Å². The van der Waals surface area contributed by atoms with Gasteiger partial charge in [-0.2, -0.15) is 0 Å². The van der Waals surface area contributed by atoms with Gasteiger partial charge in [-0.15, -0.1) is 0 Å². The number of hydrogen-bond acceptors (Lipinski definition) is 21. The number of amides is 1. The quantitative estimate of drug-likeness (QED) is 0.0976. The van der Waals surface area contributed by atoms with E-state index in [9.17, 15) is 29.1 Å². The molecule has 0 spiro atoms. The minimum absolute atomic E-state index is 0.0567. The highest BCUT2D eigenvalue weighted by atomic mass is 16.8. The molecule has 4 saturated heterocycles. The molecule has 18 atom stereocenters. The zero-order chi connectivity index (χ0) is 60.4. The molecular formula is C61H81NO21. The number of esters is 2. The fourth-order valence-electron chi connectivity index (χ4n) is 11.7. The highest BCUT2D eigenvalue weighted by Gasteiger charge is 2.61. The lowest BCUT2D eigenvalue weighted by molar-refractivity contribution is -0.319. The van der Waals surface area contributed by atoms with E-state index in [1.807, 2.05) is 42.5 Å². The normalized spacial score (nSPS) is 34.3. The molecule has 1 N–H and O–H groups in total. The van der Waals surface area contributed by atoms with Gasteiger partial charge >= 0.3 is 36.5 Å². The topological polar surface area (TPSA) is 255 Å². The van der Waals surface area contributed by atoms with Crippen LogP contribution in [-0.2, 0) is 95.7 Å². The van der Waals surface area contributed by atoms with E-state index in [1.165, 1.54) is 46.8 Å². The predicted molar refractivity (Wildman–Crippen MR) is 292 cm³/mol. The number of ether oxygens (including phenoxy) is 14. The van der Waals surface area contributed by atoms with Crippen LogP contribution in [0.5, 0.6) is 0 Å². The third kappa shape index (κ3) is 15.6. The minimum Gasteiger partial charge on any atom is -0.458 e. The van der Waals surface area contributed by atoms with Crippen LogP contribution in [-0.4, -0.2) is 151 Å². The van der Waals surface area contributed by atoms with E-state index in [1.54, 1.807) is 90.1 Å². The number of hydrogen-bond donors (Lipinski definition) is 1. The van der Waals surface area contributed by atoms with E-state index >= 15 is 4.79 Å². The van der Waals surface area contributed by atoms with E-state index < -0.39 is 145 Å². The molecule has 4 fully saturated rings. The molecule has 0 saturated carbocycles. The van der Waals surface area contributed by atoms with Gasteiger partial charge < -0.3 is 76.3 Å². The molecule has 456 valence electrons. The Balaban J connectivity index is 1.30. The number of methoxy groups -OCH3 is 1. The average Bonchev–Trinajstić information content (AvgIpc) is 4.04. The summed E-state index contributed by atoms with van der Waals surface area (Å²) < 4.78 is 86.7. The number of carbonyl (C=O) groups excluding carboxylic acids is 6. The van der Waals surface area contributed by atoms with Crippen molar-refractivity contribution < 1.29 is 100 Å². The van der Waals surface area contributed by atoms with Crippen LogP contribution in [0.15, 0.2) is 91.0 Å². The molecule has 7 rings (SSSR count). The van der Waals surface area contributed by atoms with Gasteiger partial charge in [0.1, 0.15) is 43.2 Å². The maximum atomic E-state index is 15.0. The first-order valence-electron chi connectivity index (χ1n) is 28.2. The summed E-state index contributed by atoms with van der Waals surface area (Å²) >= 11 is 0. The second-order valence-electron chi connectivity index (χ2n) is 22.7. The van der Waals surface area contributed by atoms with Gasteiger partial charge in [-0.05, 0) is 84.9 Å². The van der Waals surface area contributed by atoms with Crippen molar-refractivity contribution >= 4 is 36.5 Å². The fourth-order valence-corrected chi connectivity index (χ4v) is 11.7. The number of fused-ring (bicyclic) bond motifs is 1. The maximum Gasteiger partial charge on any atom is 0.509 e. The van der Waals surface area contributed by atoms with Crippen LogP contribution in [0.4, 0.5) is 19.2 Å². The molecule has 0 bridgehead atoms. The number of cyclic esters (lactones) is 2. The first kappa shape index (κ1) is 64.0. The molecule has 83 heavy (non-hydrogen) atoms. The monoisotopic (exact) mass is 1160 g/mol. The second-order valence-corrected chi connectivity index (χ2v) is 22.7. The summed E-state index contributed by atoms with van der Waals surface area (Å²) in [7, 11) is 2.92. The first-order valence-corrected chi connectivity index (χ1v) is 28.2. The molecule has 22 nitrogen and oxygen atoms in total. The summed E-state index contributed by atoms with van der Waals surface area (Å²) in [6.07, 6.45) is -17.9. The number of aliphatic hydroxyl groups is 1. The number of benzene rings is 3. The van der Waals surface area contributed by atoms with Crippen molar-refractivity contribution in [2.75, 3.05) is 14.2 Å². The van der Waals surface area contributed by atoms with Crippen LogP contribution in [0.1, 0.15) is 112 Å². The fraction of sp³-hybridized carbons (Fsp3) is 0.607. The highest BCUT2D eigenvalue weighted by Crippen LogP contribution is 2.44. The van der Waals surface area contributed by atoms with Crippen LogP contribution in [0.2, 0.25) is 0 Å². The first-order chi connectivity index (χ1) is 39.4. The van der Waals surface area contributed by atoms with E-state index in [0.29, 0.717) is 5.56 Å². The van der Waals surface area contributed by atoms with Gasteiger partial charge in [0.2, 0.25) is 0 Å². The summed E-state index contributed by atoms with van der Waals surface area (Å²) in [4.78, 5) is 85.7. The van der Waals surface area contributed by atoms with Gasteiger partial charge in [-0.1, -0.05) is 105 Å². The molecule has 3 aromatic rings. The zero-order valence-corrected chi connectivity index (χ0v) is 49.3. The van der Waals surface area contributed by atoms with Gasteiger partial charge in [0, 0.05) is 32.9 Å². The number of rotatable bonds is 17. The summed E-state index contributed by atoms with van der Waals surface area (Å²) in [6.45, 7) is 15.7. The lowest BCUT2D eigenvalue weighted by Gasteiger charge is -2.50.